The van der Waals surface area contributed by atoms with Crippen LogP contribution in [0.2, 0.25) is 0 Å². The number of aromatic nitrogens is 3. The monoisotopic (exact) mass is 259 g/mol. The van der Waals surface area contributed by atoms with Crippen LogP contribution in [0.1, 0.15) is 21.7 Å². The highest BCUT2D eigenvalue weighted by atomic mass is 16.1. The van der Waals surface area contributed by atoms with Crippen molar-refractivity contribution in [3.8, 4) is 0 Å². The van der Waals surface area contributed by atoms with E-state index >= 15 is 0 Å². The predicted molar refractivity (Wildman–Crippen MR) is 72.6 cm³/mol. The van der Waals surface area contributed by atoms with Crippen molar-refractivity contribution in [2.75, 3.05) is 12.3 Å². The van der Waals surface area contributed by atoms with Gasteiger partial charge in [0.25, 0.3) is 5.91 Å². The lowest BCUT2D eigenvalue weighted by molar-refractivity contribution is 0.0954. The van der Waals surface area contributed by atoms with Crippen molar-refractivity contribution in [2.24, 2.45) is 7.05 Å². The average molecular weight is 259 g/mol. The predicted octanol–water partition coefficient (Wildman–Crippen LogP) is 0.678. The molecule has 1 amide bonds. The molecule has 0 bridgehead atoms. The highest BCUT2D eigenvalue weighted by molar-refractivity contribution is 5.98. The Bertz CT molecular complexity index is 590. The van der Waals surface area contributed by atoms with Crippen LogP contribution in [0.25, 0.3) is 0 Å². The zero-order valence-electron chi connectivity index (χ0n) is 11.1. The van der Waals surface area contributed by atoms with Crippen LogP contribution in [-0.4, -0.2) is 27.2 Å². The van der Waals surface area contributed by atoms with Gasteiger partial charge in [0.05, 0.1) is 5.56 Å². The summed E-state index contributed by atoms with van der Waals surface area (Å²) in [6.45, 7) is 2.37. The number of nitrogens with two attached hydrogens (primary N) is 1. The molecule has 100 valence electrons. The van der Waals surface area contributed by atoms with Gasteiger partial charge in [0, 0.05) is 49.5 Å². The Hall–Kier alpha value is -2.37. The van der Waals surface area contributed by atoms with Gasteiger partial charge in [-0.15, -0.1) is 0 Å². The van der Waals surface area contributed by atoms with Crippen molar-refractivity contribution in [3.05, 3.63) is 41.5 Å². The number of rotatable bonds is 4. The number of aryl methyl sites for hydroxylation is 2. The molecule has 6 nitrogen and oxygen atoms in total. The van der Waals surface area contributed by atoms with Crippen LogP contribution in [0.5, 0.6) is 0 Å². The van der Waals surface area contributed by atoms with Gasteiger partial charge >= 0.3 is 0 Å². The standard InChI is InChI=1S/C13H17N5O/c1-9-7-12(14)11(8-16-9)13(19)15-5-3-10-4-6-17-18(10)2/h4,6-8H,3,5H2,1-2H3,(H2,14,16)(H,15,19). The van der Waals surface area contributed by atoms with E-state index in [2.05, 4.69) is 15.4 Å². The molecule has 2 heterocycles. The maximum absolute atomic E-state index is 11.9. The topological polar surface area (TPSA) is 85.8 Å². The number of nitrogens with zero attached hydrogens (tertiary/aromatic N) is 3. The van der Waals surface area contributed by atoms with E-state index in [1.807, 2.05) is 20.0 Å². The fourth-order valence-electron chi connectivity index (χ4n) is 1.82. The maximum Gasteiger partial charge on any atom is 0.254 e. The zero-order valence-corrected chi connectivity index (χ0v) is 11.1. The van der Waals surface area contributed by atoms with Crippen LogP contribution in [-0.2, 0) is 13.5 Å². The molecule has 0 fully saturated rings. The largest absolute Gasteiger partial charge is 0.398 e. The van der Waals surface area contributed by atoms with Gasteiger partial charge in [-0.3, -0.25) is 14.5 Å². The minimum Gasteiger partial charge on any atom is -0.398 e. The van der Waals surface area contributed by atoms with Gasteiger partial charge in [-0.1, -0.05) is 0 Å². The number of nitrogens with one attached hydrogen (secondary N) is 1. The summed E-state index contributed by atoms with van der Waals surface area (Å²) in [7, 11) is 1.87. The lowest BCUT2D eigenvalue weighted by atomic mass is 10.2. The summed E-state index contributed by atoms with van der Waals surface area (Å²) < 4.78 is 1.79. The third-order valence-corrected chi connectivity index (χ3v) is 2.91. The van der Waals surface area contributed by atoms with Crippen LogP contribution in [0.4, 0.5) is 5.69 Å². The summed E-state index contributed by atoms with van der Waals surface area (Å²) in [5.74, 6) is -0.202. The molecule has 0 saturated heterocycles. The Labute approximate surface area is 111 Å². The number of hydrogen-bond acceptors (Lipinski definition) is 4. The molecule has 0 aromatic carbocycles. The molecule has 3 N–H and O–H groups in total. The summed E-state index contributed by atoms with van der Waals surface area (Å²) in [5, 5.41) is 6.90. The first-order chi connectivity index (χ1) is 9.08. The number of carbonyl (C=O) groups is 1. The molecule has 2 aromatic heterocycles. The minimum absolute atomic E-state index is 0.202. The number of pyridine rings is 1. The molecule has 0 saturated carbocycles. The van der Waals surface area contributed by atoms with Crippen molar-refractivity contribution < 1.29 is 4.79 Å². The van der Waals surface area contributed by atoms with E-state index in [0.29, 0.717) is 17.8 Å². The molecule has 0 aliphatic carbocycles. The molecule has 0 unspecified atom stereocenters. The zero-order chi connectivity index (χ0) is 13.8. The van der Waals surface area contributed by atoms with Gasteiger partial charge < -0.3 is 11.1 Å². The third kappa shape index (κ3) is 3.09. The number of carbonyl (C=O) groups excluding carboxylic acids is 1. The Morgan fingerprint density at radius 2 is 2.32 bits per heavy atom. The first kappa shape index (κ1) is 13.1. The first-order valence-electron chi connectivity index (χ1n) is 6.05. The second kappa shape index (κ2) is 5.51. The van der Waals surface area contributed by atoms with Gasteiger partial charge in [0.2, 0.25) is 0 Å². The lowest BCUT2D eigenvalue weighted by Gasteiger charge is -2.08. The van der Waals surface area contributed by atoms with Crippen molar-refractivity contribution in [1.82, 2.24) is 20.1 Å². The summed E-state index contributed by atoms with van der Waals surface area (Å²) in [5.41, 5.74) is 8.52. The number of nitrogen functional groups attached to an aromatic ring is 1. The van der Waals surface area contributed by atoms with E-state index < -0.39 is 0 Å². The minimum atomic E-state index is -0.202. The molecule has 2 aromatic rings. The molecule has 0 spiro atoms. The quantitative estimate of drug-likeness (QED) is 0.845. The Kier molecular flexibility index (Phi) is 3.79. The van der Waals surface area contributed by atoms with E-state index in [0.717, 1.165) is 17.8 Å². The Balaban J connectivity index is 1.93. The molecular formula is C13H17N5O. The van der Waals surface area contributed by atoms with Crippen LogP contribution >= 0.6 is 0 Å². The molecular weight excluding hydrogens is 242 g/mol. The average Bonchev–Trinajstić information content (AvgIpc) is 2.75. The van der Waals surface area contributed by atoms with Crippen LogP contribution < -0.4 is 11.1 Å². The second-order valence-electron chi connectivity index (χ2n) is 4.36. The summed E-state index contributed by atoms with van der Waals surface area (Å²) in [6.07, 6.45) is 3.96. The molecule has 0 aliphatic heterocycles. The van der Waals surface area contributed by atoms with E-state index in [1.54, 1.807) is 16.9 Å². The van der Waals surface area contributed by atoms with Crippen molar-refractivity contribution in [2.45, 2.75) is 13.3 Å². The van der Waals surface area contributed by atoms with E-state index in [1.165, 1.54) is 6.20 Å². The SMILES string of the molecule is Cc1cc(N)c(C(=O)NCCc2ccnn2C)cn1. The maximum atomic E-state index is 11.9. The highest BCUT2D eigenvalue weighted by Crippen LogP contribution is 2.10. The third-order valence-electron chi connectivity index (χ3n) is 2.91. The number of amides is 1. The Morgan fingerprint density at radius 3 is 2.95 bits per heavy atom. The highest BCUT2D eigenvalue weighted by Gasteiger charge is 2.10. The van der Waals surface area contributed by atoms with Gasteiger partial charge in [0.1, 0.15) is 0 Å². The fourth-order valence-corrected chi connectivity index (χ4v) is 1.82. The van der Waals surface area contributed by atoms with Gasteiger partial charge in [-0.2, -0.15) is 5.10 Å². The van der Waals surface area contributed by atoms with Crippen molar-refractivity contribution >= 4 is 11.6 Å². The summed E-state index contributed by atoms with van der Waals surface area (Å²) in [6, 6.07) is 3.62. The summed E-state index contributed by atoms with van der Waals surface area (Å²) in [4.78, 5) is 16.0. The fraction of sp³-hybridized carbons (Fsp3) is 0.308. The van der Waals surface area contributed by atoms with E-state index in [4.69, 9.17) is 5.73 Å². The second-order valence-corrected chi connectivity index (χ2v) is 4.36. The van der Waals surface area contributed by atoms with Crippen molar-refractivity contribution in [1.29, 1.82) is 0 Å². The number of hydrogen-bond donors (Lipinski definition) is 2. The molecule has 0 atom stereocenters. The smallest absolute Gasteiger partial charge is 0.254 e. The number of anilines is 1. The van der Waals surface area contributed by atoms with Gasteiger partial charge in [-0.05, 0) is 19.1 Å². The van der Waals surface area contributed by atoms with E-state index in [9.17, 15) is 4.79 Å². The molecule has 0 aliphatic rings. The normalized spacial score (nSPS) is 10.4. The van der Waals surface area contributed by atoms with Crippen LogP contribution in [0.15, 0.2) is 24.5 Å². The molecule has 0 radical (unpaired) electrons. The van der Waals surface area contributed by atoms with Gasteiger partial charge in [-0.25, -0.2) is 0 Å². The van der Waals surface area contributed by atoms with Crippen molar-refractivity contribution in [3.63, 3.8) is 0 Å². The molecule has 6 heteroatoms. The van der Waals surface area contributed by atoms with Crippen LogP contribution in [0, 0.1) is 6.92 Å². The van der Waals surface area contributed by atoms with E-state index in [-0.39, 0.29) is 5.91 Å². The molecule has 19 heavy (non-hydrogen) atoms. The van der Waals surface area contributed by atoms with Gasteiger partial charge in [0.15, 0.2) is 0 Å². The first-order valence-corrected chi connectivity index (χ1v) is 6.05. The Morgan fingerprint density at radius 1 is 1.53 bits per heavy atom. The van der Waals surface area contributed by atoms with Crippen LogP contribution in [0.3, 0.4) is 0 Å². The molecule has 2 rings (SSSR count). The summed E-state index contributed by atoms with van der Waals surface area (Å²) >= 11 is 0. The lowest BCUT2D eigenvalue weighted by Crippen LogP contribution is -2.27.